The van der Waals surface area contributed by atoms with E-state index >= 15 is 0 Å². The second kappa shape index (κ2) is 4.59. The van der Waals surface area contributed by atoms with Gasteiger partial charge in [-0.05, 0) is 31.0 Å². The van der Waals surface area contributed by atoms with Crippen LogP contribution in [0.4, 0.5) is 0 Å². The molecule has 1 fully saturated rings. The van der Waals surface area contributed by atoms with Gasteiger partial charge in [-0.1, -0.05) is 13.8 Å². The highest BCUT2D eigenvalue weighted by Gasteiger charge is 2.31. The molecule has 1 aliphatic carbocycles. The van der Waals surface area contributed by atoms with Gasteiger partial charge in [0.2, 0.25) is 4.77 Å². The van der Waals surface area contributed by atoms with E-state index in [0.717, 1.165) is 12.2 Å². The third kappa shape index (κ3) is 2.40. The van der Waals surface area contributed by atoms with E-state index in [1.54, 1.807) is 11.3 Å². The number of H-pyrrole nitrogens is 2. The summed E-state index contributed by atoms with van der Waals surface area (Å²) in [6, 6.07) is 0. The van der Waals surface area contributed by atoms with Crippen molar-refractivity contribution in [2.75, 3.05) is 0 Å². The van der Waals surface area contributed by atoms with Gasteiger partial charge in [-0.3, -0.25) is 10.2 Å². The average Bonchev–Trinajstić information content (AvgIpc) is 2.93. The molecule has 18 heavy (non-hydrogen) atoms. The number of aromatic nitrogens is 4. The fourth-order valence-corrected chi connectivity index (χ4v) is 3.44. The molecule has 0 amide bonds. The maximum Gasteiger partial charge on any atom is 0.213 e. The molecule has 4 nitrogen and oxygen atoms in total. The summed E-state index contributed by atoms with van der Waals surface area (Å²) in [4.78, 5) is 10.3. The molecular formula is C12H16N4S2. The Kier molecular flexibility index (Phi) is 3.07. The van der Waals surface area contributed by atoms with Crippen LogP contribution in [0.25, 0.3) is 10.7 Å². The largest absolute Gasteiger partial charge is 0.281 e. The van der Waals surface area contributed by atoms with Crippen LogP contribution >= 0.6 is 23.6 Å². The Bertz CT molecular complexity index is 604. The Labute approximate surface area is 115 Å². The zero-order chi connectivity index (χ0) is 12.7. The van der Waals surface area contributed by atoms with Crippen molar-refractivity contribution < 1.29 is 0 Å². The zero-order valence-corrected chi connectivity index (χ0v) is 12.1. The second-order valence-corrected chi connectivity index (χ2v) is 6.68. The van der Waals surface area contributed by atoms with Crippen LogP contribution in [0.2, 0.25) is 0 Å². The van der Waals surface area contributed by atoms with Gasteiger partial charge in [0, 0.05) is 12.3 Å². The molecule has 6 heteroatoms. The van der Waals surface area contributed by atoms with Gasteiger partial charge >= 0.3 is 0 Å². The van der Waals surface area contributed by atoms with Crippen LogP contribution in [0.5, 0.6) is 0 Å². The van der Waals surface area contributed by atoms with Crippen LogP contribution < -0.4 is 0 Å². The highest BCUT2D eigenvalue weighted by molar-refractivity contribution is 7.71. The Morgan fingerprint density at radius 3 is 2.67 bits per heavy atom. The lowest BCUT2D eigenvalue weighted by molar-refractivity contribution is 0.643. The maximum atomic E-state index is 5.02. The van der Waals surface area contributed by atoms with Gasteiger partial charge in [0.15, 0.2) is 5.82 Å². The Morgan fingerprint density at radius 2 is 2.11 bits per heavy atom. The summed E-state index contributed by atoms with van der Waals surface area (Å²) in [6.07, 6.45) is 3.54. The van der Waals surface area contributed by atoms with Gasteiger partial charge in [-0.2, -0.15) is 4.98 Å². The molecule has 0 aromatic carbocycles. The molecule has 96 valence electrons. The third-order valence-corrected chi connectivity index (χ3v) is 4.25. The smallest absolute Gasteiger partial charge is 0.213 e. The summed E-state index contributed by atoms with van der Waals surface area (Å²) in [5.74, 6) is 2.11. The molecule has 0 saturated heterocycles. The number of nitrogens with one attached hydrogen (secondary N) is 2. The lowest BCUT2D eigenvalue weighted by Gasteiger charge is -1.98. The topological polar surface area (TPSA) is 57.4 Å². The summed E-state index contributed by atoms with van der Waals surface area (Å²) >= 11 is 6.77. The first-order valence-corrected chi connectivity index (χ1v) is 7.50. The molecule has 0 spiro atoms. The first-order valence-electron chi connectivity index (χ1n) is 6.28. The van der Waals surface area contributed by atoms with Gasteiger partial charge in [-0.15, -0.1) is 11.3 Å². The van der Waals surface area contributed by atoms with Crippen LogP contribution in [-0.4, -0.2) is 20.2 Å². The maximum absolute atomic E-state index is 5.02. The minimum atomic E-state index is 0.505. The van der Waals surface area contributed by atoms with E-state index in [-0.39, 0.29) is 0 Å². The fraction of sp³-hybridized carbons (Fsp3) is 0.583. The summed E-state index contributed by atoms with van der Waals surface area (Å²) in [7, 11) is 0. The van der Waals surface area contributed by atoms with Crippen molar-refractivity contribution in [3.8, 4) is 10.7 Å². The van der Waals surface area contributed by atoms with E-state index in [1.165, 1.54) is 28.4 Å². The molecule has 1 saturated carbocycles. The van der Waals surface area contributed by atoms with Gasteiger partial charge in [0.25, 0.3) is 0 Å². The third-order valence-electron chi connectivity index (χ3n) is 2.96. The molecule has 2 heterocycles. The van der Waals surface area contributed by atoms with E-state index in [9.17, 15) is 0 Å². The van der Waals surface area contributed by atoms with Gasteiger partial charge in [-0.25, -0.2) is 4.98 Å². The molecule has 3 rings (SSSR count). The molecule has 0 radical (unpaired) electrons. The molecular weight excluding hydrogens is 264 g/mol. The molecule has 2 aromatic rings. The summed E-state index contributed by atoms with van der Waals surface area (Å²) in [5, 5.41) is 7.12. The number of aromatic amines is 2. The summed E-state index contributed by atoms with van der Waals surface area (Å²) in [5.41, 5.74) is 1.22. The standard InChI is InChI=1S/C12H16N4S2/c1-6(2)5-8-13-9(7-3-4-7)10(18-8)11-14-12(17)16-15-11/h6-7H,3-5H2,1-2H3,(H2,14,15,16,17). The quantitative estimate of drug-likeness (QED) is 0.840. The van der Waals surface area contributed by atoms with Crippen molar-refractivity contribution in [3.05, 3.63) is 15.5 Å². The van der Waals surface area contributed by atoms with Gasteiger partial charge < -0.3 is 0 Å². The van der Waals surface area contributed by atoms with E-state index in [4.69, 9.17) is 17.2 Å². The first kappa shape index (κ1) is 12.0. The lowest BCUT2D eigenvalue weighted by Crippen LogP contribution is -1.93. The first-order chi connectivity index (χ1) is 8.63. The number of hydrogen-bond acceptors (Lipinski definition) is 4. The van der Waals surface area contributed by atoms with Gasteiger partial charge in [0.05, 0.1) is 15.6 Å². The molecule has 2 aromatic heterocycles. The molecule has 2 N–H and O–H groups in total. The highest BCUT2D eigenvalue weighted by Crippen LogP contribution is 2.45. The van der Waals surface area contributed by atoms with Crippen molar-refractivity contribution in [2.24, 2.45) is 5.92 Å². The molecule has 0 unspecified atom stereocenters. The molecule has 1 aliphatic rings. The average molecular weight is 280 g/mol. The fourth-order valence-electron chi connectivity index (χ4n) is 2.00. The molecule has 0 atom stereocenters. The number of thiazole rings is 1. The molecule has 0 aliphatic heterocycles. The predicted octanol–water partition coefficient (Wildman–Crippen LogP) is 3.67. The van der Waals surface area contributed by atoms with Crippen LogP contribution in [0.1, 0.15) is 43.3 Å². The van der Waals surface area contributed by atoms with Gasteiger partial charge in [0.1, 0.15) is 0 Å². The SMILES string of the molecule is CC(C)Cc1nc(C2CC2)c(-c2nc(=S)[nH][nH]2)s1. The summed E-state index contributed by atoms with van der Waals surface area (Å²) < 4.78 is 0.505. The zero-order valence-electron chi connectivity index (χ0n) is 10.5. The Morgan fingerprint density at radius 1 is 1.33 bits per heavy atom. The number of hydrogen-bond donors (Lipinski definition) is 2. The van der Waals surface area contributed by atoms with E-state index < -0.39 is 0 Å². The second-order valence-electron chi connectivity index (χ2n) is 5.21. The van der Waals surface area contributed by atoms with Crippen LogP contribution in [0.3, 0.4) is 0 Å². The van der Waals surface area contributed by atoms with E-state index in [0.29, 0.717) is 16.6 Å². The van der Waals surface area contributed by atoms with Crippen molar-refractivity contribution >= 4 is 23.6 Å². The Balaban J connectivity index is 2.01. The number of rotatable bonds is 4. The highest BCUT2D eigenvalue weighted by atomic mass is 32.1. The van der Waals surface area contributed by atoms with Crippen molar-refractivity contribution in [1.29, 1.82) is 0 Å². The predicted molar refractivity (Wildman–Crippen MR) is 75.4 cm³/mol. The van der Waals surface area contributed by atoms with Crippen molar-refractivity contribution in [1.82, 2.24) is 20.2 Å². The van der Waals surface area contributed by atoms with Crippen LogP contribution in [0.15, 0.2) is 0 Å². The van der Waals surface area contributed by atoms with Crippen LogP contribution in [-0.2, 0) is 6.42 Å². The minimum Gasteiger partial charge on any atom is -0.281 e. The van der Waals surface area contributed by atoms with Crippen LogP contribution in [0, 0.1) is 10.7 Å². The minimum absolute atomic E-state index is 0.505. The van der Waals surface area contributed by atoms with E-state index in [1.807, 2.05) is 0 Å². The molecule has 0 bridgehead atoms. The normalized spacial score (nSPS) is 15.5. The Hall–Kier alpha value is -1.01. The number of nitrogens with zero attached hydrogens (tertiary/aromatic N) is 2. The van der Waals surface area contributed by atoms with Crippen molar-refractivity contribution in [3.63, 3.8) is 0 Å². The monoisotopic (exact) mass is 280 g/mol. The van der Waals surface area contributed by atoms with E-state index in [2.05, 4.69) is 29.0 Å². The lowest BCUT2D eigenvalue weighted by atomic mass is 10.1. The summed E-state index contributed by atoms with van der Waals surface area (Å²) in [6.45, 7) is 4.44. The van der Waals surface area contributed by atoms with Crippen molar-refractivity contribution in [2.45, 2.75) is 39.0 Å².